The van der Waals surface area contributed by atoms with E-state index < -0.39 is 35.6 Å². The summed E-state index contributed by atoms with van der Waals surface area (Å²) in [5, 5.41) is 26.7. The summed E-state index contributed by atoms with van der Waals surface area (Å²) in [6.07, 6.45) is 0. The van der Waals surface area contributed by atoms with Crippen molar-refractivity contribution in [1.82, 2.24) is 9.44 Å². The molecule has 0 unspecified atom stereocenters. The first-order chi connectivity index (χ1) is 6.81. The van der Waals surface area contributed by atoms with Crippen LogP contribution >= 0.6 is 0 Å². The van der Waals surface area contributed by atoms with Gasteiger partial charge in [-0.2, -0.15) is 17.9 Å². The minimum Gasteiger partial charge on any atom is -0.394 e. The van der Waals surface area contributed by atoms with Crippen LogP contribution in [0.4, 0.5) is 0 Å². The van der Waals surface area contributed by atoms with Crippen molar-refractivity contribution in [1.29, 1.82) is 0 Å². The summed E-state index contributed by atoms with van der Waals surface area (Å²) in [5.41, 5.74) is -1.64. The minimum atomic E-state index is -3.85. The highest BCUT2D eigenvalue weighted by molar-refractivity contribution is 7.87. The van der Waals surface area contributed by atoms with Crippen molar-refractivity contribution in [2.75, 3.05) is 19.8 Å². The molecular weight excluding hydrogens is 224 g/mol. The molecule has 0 spiro atoms. The second-order valence-electron chi connectivity index (χ2n) is 3.63. The summed E-state index contributed by atoms with van der Waals surface area (Å²) in [6, 6.07) is -0.323. The SMILES string of the molecule is CC(C)NS(=O)(=O)NC(CO)(CO)CO. The average Bonchev–Trinajstić information content (AvgIpc) is 2.12. The Balaban J connectivity index is 4.67. The molecule has 0 aliphatic rings. The van der Waals surface area contributed by atoms with Gasteiger partial charge < -0.3 is 15.3 Å². The number of aliphatic hydroxyl groups excluding tert-OH is 3. The fourth-order valence-corrected chi connectivity index (χ4v) is 2.31. The van der Waals surface area contributed by atoms with E-state index in [2.05, 4.69) is 4.72 Å². The topological polar surface area (TPSA) is 119 Å². The summed E-state index contributed by atoms with van der Waals surface area (Å²) < 4.78 is 27.0. The largest absolute Gasteiger partial charge is 0.394 e. The zero-order chi connectivity index (χ0) is 12.1. The van der Waals surface area contributed by atoms with Crippen LogP contribution in [0.5, 0.6) is 0 Å². The first-order valence-corrected chi connectivity index (χ1v) is 5.93. The van der Waals surface area contributed by atoms with Crippen LogP contribution in [-0.4, -0.2) is 55.1 Å². The molecule has 0 aromatic carbocycles. The summed E-state index contributed by atoms with van der Waals surface area (Å²) in [4.78, 5) is 0. The van der Waals surface area contributed by atoms with Gasteiger partial charge in [0.25, 0.3) is 10.2 Å². The fraction of sp³-hybridized carbons (Fsp3) is 1.00. The lowest BCUT2D eigenvalue weighted by Crippen LogP contribution is -2.60. The van der Waals surface area contributed by atoms with Gasteiger partial charge in [0, 0.05) is 6.04 Å². The Morgan fingerprint density at radius 2 is 1.53 bits per heavy atom. The molecule has 7 nitrogen and oxygen atoms in total. The highest BCUT2D eigenvalue weighted by Gasteiger charge is 2.33. The maximum atomic E-state index is 11.4. The third-order valence-electron chi connectivity index (χ3n) is 1.65. The quantitative estimate of drug-likeness (QED) is 0.339. The molecule has 0 aromatic heterocycles. The molecule has 0 saturated carbocycles. The van der Waals surface area contributed by atoms with Crippen molar-refractivity contribution in [2.45, 2.75) is 25.4 Å². The van der Waals surface area contributed by atoms with Crippen LogP contribution in [0.25, 0.3) is 0 Å². The Labute approximate surface area is 89.3 Å². The zero-order valence-electron chi connectivity index (χ0n) is 8.77. The zero-order valence-corrected chi connectivity index (χ0v) is 9.58. The molecule has 0 aromatic rings. The number of nitrogens with one attached hydrogen (secondary N) is 2. The van der Waals surface area contributed by atoms with Crippen molar-refractivity contribution in [3.05, 3.63) is 0 Å². The Hall–Kier alpha value is -0.250. The lowest BCUT2D eigenvalue weighted by atomic mass is 10.1. The predicted octanol–water partition coefficient (Wildman–Crippen LogP) is -2.47. The highest BCUT2D eigenvalue weighted by Crippen LogP contribution is 2.03. The van der Waals surface area contributed by atoms with E-state index in [1.165, 1.54) is 0 Å². The van der Waals surface area contributed by atoms with Gasteiger partial charge in [0.15, 0.2) is 0 Å². The van der Waals surface area contributed by atoms with Crippen LogP contribution in [0.3, 0.4) is 0 Å². The van der Waals surface area contributed by atoms with Crippen LogP contribution < -0.4 is 9.44 Å². The van der Waals surface area contributed by atoms with Crippen LogP contribution in [-0.2, 0) is 10.2 Å². The number of hydrogen-bond donors (Lipinski definition) is 5. The van der Waals surface area contributed by atoms with Gasteiger partial charge in [-0.15, -0.1) is 0 Å². The molecule has 0 saturated heterocycles. The molecular formula is C7H18N2O5S. The molecule has 0 fully saturated rings. The second-order valence-corrected chi connectivity index (χ2v) is 5.08. The van der Waals surface area contributed by atoms with Crippen LogP contribution in [0.2, 0.25) is 0 Å². The van der Waals surface area contributed by atoms with Crippen LogP contribution in [0.15, 0.2) is 0 Å². The maximum absolute atomic E-state index is 11.4. The van der Waals surface area contributed by atoms with Gasteiger partial charge in [0.05, 0.1) is 19.8 Å². The van der Waals surface area contributed by atoms with Crippen molar-refractivity contribution < 1.29 is 23.7 Å². The van der Waals surface area contributed by atoms with Crippen molar-refractivity contribution in [3.63, 3.8) is 0 Å². The van der Waals surface area contributed by atoms with Gasteiger partial charge in [-0.1, -0.05) is 0 Å². The molecule has 0 aliphatic carbocycles. The third kappa shape index (κ3) is 4.87. The van der Waals surface area contributed by atoms with E-state index in [-0.39, 0.29) is 6.04 Å². The summed E-state index contributed by atoms with van der Waals surface area (Å²) in [6.45, 7) is 1.16. The molecule has 0 amide bonds. The van der Waals surface area contributed by atoms with Gasteiger partial charge in [-0.05, 0) is 13.8 Å². The summed E-state index contributed by atoms with van der Waals surface area (Å²) in [5.74, 6) is 0. The third-order valence-corrected chi connectivity index (χ3v) is 3.13. The number of aliphatic hydroxyl groups is 3. The first kappa shape index (κ1) is 14.8. The Bertz CT molecular complexity index is 265. The molecule has 15 heavy (non-hydrogen) atoms. The van der Waals surface area contributed by atoms with Gasteiger partial charge in [0.1, 0.15) is 5.54 Å². The average molecular weight is 242 g/mol. The van der Waals surface area contributed by atoms with E-state index in [0.29, 0.717) is 0 Å². The molecule has 0 rings (SSSR count). The smallest absolute Gasteiger partial charge is 0.277 e. The molecule has 0 atom stereocenters. The molecule has 92 valence electrons. The summed E-state index contributed by atoms with van der Waals surface area (Å²) in [7, 11) is -3.85. The lowest BCUT2D eigenvalue weighted by Gasteiger charge is -2.28. The van der Waals surface area contributed by atoms with Crippen LogP contribution in [0.1, 0.15) is 13.8 Å². The lowest BCUT2D eigenvalue weighted by molar-refractivity contribution is 0.0579. The van der Waals surface area contributed by atoms with Crippen molar-refractivity contribution in [2.24, 2.45) is 0 Å². The van der Waals surface area contributed by atoms with Gasteiger partial charge in [0.2, 0.25) is 0 Å². The minimum absolute atomic E-state index is 0.323. The number of hydrogen-bond acceptors (Lipinski definition) is 5. The molecule has 0 aliphatic heterocycles. The second kappa shape index (κ2) is 5.73. The van der Waals surface area contributed by atoms with E-state index in [0.717, 1.165) is 0 Å². The summed E-state index contributed by atoms with van der Waals surface area (Å²) >= 11 is 0. The molecule has 5 N–H and O–H groups in total. The van der Waals surface area contributed by atoms with E-state index in [4.69, 9.17) is 15.3 Å². The van der Waals surface area contributed by atoms with Gasteiger partial charge >= 0.3 is 0 Å². The monoisotopic (exact) mass is 242 g/mol. The Morgan fingerprint density at radius 1 is 1.13 bits per heavy atom. The Morgan fingerprint density at radius 3 is 1.80 bits per heavy atom. The molecule has 0 radical (unpaired) electrons. The predicted molar refractivity (Wildman–Crippen MR) is 54.3 cm³/mol. The van der Waals surface area contributed by atoms with Crippen molar-refractivity contribution in [3.8, 4) is 0 Å². The van der Waals surface area contributed by atoms with E-state index in [1.54, 1.807) is 13.8 Å². The molecule has 8 heteroatoms. The first-order valence-electron chi connectivity index (χ1n) is 4.44. The highest BCUT2D eigenvalue weighted by atomic mass is 32.2. The van der Waals surface area contributed by atoms with E-state index in [1.807, 2.05) is 4.72 Å². The Kier molecular flexibility index (Phi) is 5.63. The maximum Gasteiger partial charge on any atom is 0.277 e. The van der Waals surface area contributed by atoms with Crippen LogP contribution in [0, 0.1) is 0 Å². The fourth-order valence-electron chi connectivity index (χ4n) is 0.872. The normalized spacial score (nSPS) is 13.5. The van der Waals surface area contributed by atoms with Gasteiger partial charge in [-0.25, -0.2) is 0 Å². The molecule has 0 heterocycles. The van der Waals surface area contributed by atoms with E-state index in [9.17, 15) is 8.42 Å². The standard InChI is InChI=1S/C7H18N2O5S/c1-6(2)8-15(13,14)9-7(3-10,4-11)5-12/h6,8-12H,3-5H2,1-2H3. The number of rotatable bonds is 7. The van der Waals surface area contributed by atoms with E-state index >= 15 is 0 Å². The van der Waals surface area contributed by atoms with Crippen molar-refractivity contribution >= 4 is 10.2 Å². The van der Waals surface area contributed by atoms with Gasteiger partial charge in [-0.3, -0.25) is 0 Å². The molecule has 0 bridgehead atoms.